The Balaban J connectivity index is 2.11. The molecular formula is C14H15F3N2S. The number of aromatic nitrogens is 1. The van der Waals surface area contributed by atoms with Gasteiger partial charge in [0.15, 0.2) is 0 Å². The van der Waals surface area contributed by atoms with Gasteiger partial charge in [-0.25, -0.2) is 4.98 Å². The Morgan fingerprint density at radius 1 is 1.20 bits per heavy atom. The summed E-state index contributed by atoms with van der Waals surface area (Å²) in [5, 5.41) is 5.18. The number of rotatable bonds is 4. The van der Waals surface area contributed by atoms with Gasteiger partial charge in [-0.1, -0.05) is 12.1 Å². The molecular weight excluding hydrogens is 285 g/mol. The van der Waals surface area contributed by atoms with Gasteiger partial charge in [0.1, 0.15) is 0 Å². The zero-order valence-electron chi connectivity index (χ0n) is 11.1. The summed E-state index contributed by atoms with van der Waals surface area (Å²) < 4.78 is 38.1. The molecule has 1 N–H and O–H groups in total. The van der Waals surface area contributed by atoms with Crippen LogP contribution in [0.5, 0.6) is 0 Å². The lowest BCUT2D eigenvalue weighted by Gasteiger charge is -2.20. The third kappa shape index (κ3) is 3.58. The first-order valence-corrected chi connectivity index (χ1v) is 7.13. The van der Waals surface area contributed by atoms with Gasteiger partial charge in [0, 0.05) is 17.5 Å². The highest BCUT2D eigenvalue weighted by molar-refractivity contribution is 7.07. The first-order valence-electron chi connectivity index (χ1n) is 6.19. The monoisotopic (exact) mass is 300 g/mol. The van der Waals surface area contributed by atoms with Crippen LogP contribution < -0.4 is 5.32 Å². The molecule has 6 heteroatoms. The van der Waals surface area contributed by atoms with Crippen molar-refractivity contribution in [2.45, 2.75) is 32.1 Å². The highest BCUT2D eigenvalue weighted by Crippen LogP contribution is 2.31. The fraction of sp³-hybridized carbons (Fsp3) is 0.357. The number of nitrogens with zero attached hydrogens (tertiary/aromatic N) is 1. The Morgan fingerprint density at radius 2 is 1.95 bits per heavy atom. The van der Waals surface area contributed by atoms with Crippen molar-refractivity contribution in [2.75, 3.05) is 0 Å². The van der Waals surface area contributed by atoms with Crippen LogP contribution >= 0.6 is 11.3 Å². The Kier molecular flexibility index (Phi) is 4.45. The van der Waals surface area contributed by atoms with Gasteiger partial charge in [-0.05, 0) is 31.5 Å². The molecule has 0 saturated carbocycles. The van der Waals surface area contributed by atoms with Gasteiger partial charge in [0.2, 0.25) is 0 Å². The van der Waals surface area contributed by atoms with Gasteiger partial charge in [-0.3, -0.25) is 0 Å². The van der Waals surface area contributed by atoms with E-state index in [0.717, 1.165) is 11.8 Å². The minimum atomic E-state index is -4.31. The van der Waals surface area contributed by atoms with Gasteiger partial charge in [0.25, 0.3) is 0 Å². The van der Waals surface area contributed by atoms with E-state index in [-0.39, 0.29) is 12.1 Å². The second-order valence-electron chi connectivity index (χ2n) is 4.65. The lowest BCUT2D eigenvalue weighted by molar-refractivity contribution is -0.137. The van der Waals surface area contributed by atoms with Crippen LogP contribution in [-0.4, -0.2) is 4.98 Å². The van der Waals surface area contributed by atoms with Crippen molar-refractivity contribution in [3.8, 4) is 0 Å². The number of hydrogen-bond acceptors (Lipinski definition) is 3. The van der Waals surface area contributed by atoms with Crippen LogP contribution in [0.25, 0.3) is 0 Å². The Morgan fingerprint density at radius 3 is 2.55 bits per heavy atom. The molecule has 2 nitrogen and oxygen atoms in total. The molecule has 1 heterocycles. The Bertz CT molecular complexity index is 552. The minimum absolute atomic E-state index is 0.00853. The van der Waals surface area contributed by atoms with Crippen LogP contribution in [0.3, 0.4) is 0 Å². The molecule has 0 radical (unpaired) electrons. The van der Waals surface area contributed by atoms with Gasteiger partial charge < -0.3 is 5.32 Å². The molecule has 2 unspecified atom stereocenters. The molecule has 0 fully saturated rings. The van der Waals surface area contributed by atoms with Crippen LogP contribution in [0.15, 0.2) is 35.2 Å². The van der Waals surface area contributed by atoms with Crippen molar-refractivity contribution < 1.29 is 13.2 Å². The molecule has 2 aromatic rings. The van der Waals surface area contributed by atoms with Crippen LogP contribution in [0.4, 0.5) is 13.2 Å². The molecule has 1 aromatic carbocycles. The van der Waals surface area contributed by atoms with E-state index in [1.165, 1.54) is 23.5 Å². The summed E-state index contributed by atoms with van der Waals surface area (Å²) in [6, 6.07) is 5.20. The number of hydrogen-bond donors (Lipinski definition) is 1. The lowest BCUT2D eigenvalue weighted by atomic mass is 10.0. The van der Waals surface area contributed by atoms with E-state index < -0.39 is 11.7 Å². The van der Waals surface area contributed by atoms with Gasteiger partial charge in [-0.2, -0.15) is 13.2 Å². The third-order valence-corrected chi connectivity index (χ3v) is 3.71. The van der Waals surface area contributed by atoms with Gasteiger partial charge in [0.05, 0.1) is 16.8 Å². The molecule has 20 heavy (non-hydrogen) atoms. The molecule has 0 amide bonds. The number of benzene rings is 1. The SMILES string of the molecule is CC(NC(C)c1cscn1)c1cccc(C(F)(F)F)c1. The maximum atomic E-state index is 12.7. The van der Waals surface area contributed by atoms with Crippen molar-refractivity contribution >= 4 is 11.3 Å². The first kappa shape index (κ1) is 15.0. The maximum absolute atomic E-state index is 12.7. The average Bonchev–Trinajstić information content (AvgIpc) is 2.91. The van der Waals surface area contributed by atoms with Crippen molar-refractivity contribution in [1.82, 2.24) is 10.3 Å². The first-order chi connectivity index (χ1) is 9.38. The number of thiazole rings is 1. The standard InChI is InChI=1S/C14H15F3N2S/c1-9(19-10(2)13-7-20-8-18-13)11-4-3-5-12(6-11)14(15,16)17/h3-10,19H,1-2H3. The van der Waals surface area contributed by atoms with Crippen molar-refractivity contribution in [3.63, 3.8) is 0 Å². The van der Waals surface area contributed by atoms with Gasteiger partial charge in [-0.15, -0.1) is 11.3 Å². The fourth-order valence-corrected chi connectivity index (χ4v) is 2.62. The Labute approximate surface area is 119 Å². The van der Waals surface area contributed by atoms with Crippen LogP contribution in [0.1, 0.15) is 42.8 Å². The van der Waals surface area contributed by atoms with Crippen molar-refractivity contribution in [3.05, 3.63) is 52.0 Å². The Hall–Kier alpha value is -1.40. The number of nitrogens with one attached hydrogen (secondary N) is 1. The smallest absolute Gasteiger partial charge is 0.302 e. The summed E-state index contributed by atoms with van der Waals surface area (Å²) in [5.74, 6) is 0. The molecule has 0 aliphatic rings. The quantitative estimate of drug-likeness (QED) is 0.894. The van der Waals surface area contributed by atoms with Crippen LogP contribution in [0.2, 0.25) is 0 Å². The van der Waals surface area contributed by atoms with Gasteiger partial charge >= 0.3 is 6.18 Å². The summed E-state index contributed by atoms with van der Waals surface area (Å²) in [6.45, 7) is 3.79. The van der Waals surface area contributed by atoms with E-state index in [4.69, 9.17) is 0 Å². The summed E-state index contributed by atoms with van der Waals surface area (Å²) in [6.07, 6.45) is -4.31. The highest BCUT2D eigenvalue weighted by atomic mass is 32.1. The predicted molar refractivity (Wildman–Crippen MR) is 73.5 cm³/mol. The summed E-state index contributed by atoms with van der Waals surface area (Å²) in [5.41, 5.74) is 2.63. The summed E-state index contributed by atoms with van der Waals surface area (Å²) in [7, 11) is 0. The summed E-state index contributed by atoms with van der Waals surface area (Å²) in [4.78, 5) is 4.20. The molecule has 2 rings (SSSR count). The van der Waals surface area contributed by atoms with Crippen molar-refractivity contribution in [1.29, 1.82) is 0 Å². The topological polar surface area (TPSA) is 24.9 Å². The van der Waals surface area contributed by atoms with E-state index in [0.29, 0.717) is 5.56 Å². The molecule has 108 valence electrons. The highest BCUT2D eigenvalue weighted by Gasteiger charge is 2.30. The normalized spacial score (nSPS) is 15.1. The average molecular weight is 300 g/mol. The number of halogens is 3. The molecule has 0 aliphatic carbocycles. The van der Waals surface area contributed by atoms with E-state index in [1.807, 2.05) is 19.2 Å². The van der Waals surface area contributed by atoms with E-state index >= 15 is 0 Å². The molecule has 1 aromatic heterocycles. The minimum Gasteiger partial charge on any atom is -0.302 e. The summed E-state index contributed by atoms with van der Waals surface area (Å²) >= 11 is 1.50. The van der Waals surface area contributed by atoms with E-state index in [1.54, 1.807) is 11.6 Å². The second kappa shape index (κ2) is 5.93. The zero-order chi connectivity index (χ0) is 14.8. The van der Waals surface area contributed by atoms with E-state index in [9.17, 15) is 13.2 Å². The molecule has 0 aliphatic heterocycles. The fourth-order valence-electron chi connectivity index (χ4n) is 1.98. The third-order valence-electron chi connectivity index (χ3n) is 3.11. The van der Waals surface area contributed by atoms with E-state index in [2.05, 4.69) is 10.3 Å². The second-order valence-corrected chi connectivity index (χ2v) is 5.37. The molecule has 2 atom stereocenters. The maximum Gasteiger partial charge on any atom is 0.416 e. The number of alkyl halides is 3. The lowest BCUT2D eigenvalue weighted by Crippen LogP contribution is -2.23. The molecule has 0 saturated heterocycles. The molecule has 0 bridgehead atoms. The molecule has 0 spiro atoms. The predicted octanol–water partition coefficient (Wildman–Crippen LogP) is 4.57. The largest absolute Gasteiger partial charge is 0.416 e. The zero-order valence-corrected chi connectivity index (χ0v) is 11.9. The van der Waals surface area contributed by atoms with Crippen LogP contribution in [-0.2, 0) is 6.18 Å². The van der Waals surface area contributed by atoms with Crippen LogP contribution in [0, 0.1) is 0 Å². The van der Waals surface area contributed by atoms with Crippen molar-refractivity contribution in [2.24, 2.45) is 0 Å².